The largest absolute Gasteiger partial charge is 0.508 e. The minimum Gasteiger partial charge on any atom is -0.508 e. The van der Waals surface area contributed by atoms with Crippen molar-refractivity contribution in [3.8, 4) is 17.2 Å². The lowest BCUT2D eigenvalue weighted by molar-refractivity contribution is -0.147. The fraction of sp³-hybridized carbons (Fsp3) is 0.667. The molecule has 0 saturated carbocycles. The molecule has 176 valence electrons. The van der Waals surface area contributed by atoms with Crippen LogP contribution >= 0.6 is 0 Å². The van der Waals surface area contributed by atoms with Gasteiger partial charge in [-0.2, -0.15) is 0 Å². The molecule has 0 heterocycles. The van der Waals surface area contributed by atoms with Crippen LogP contribution < -0.4 is 0 Å². The molecule has 1 aromatic carbocycles. The summed E-state index contributed by atoms with van der Waals surface area (Å²) in [4.78, 5) is 21.6. The number of rotatable bonds is 15. The predicted octanol–water partition coefficient (Wildman–Crippen LogP) is 5.07. The molecule has 0 aliphatic rings. The Balaban J connectivity index is 2.51. The Labute approximate surface area is 185 Å². The monoisotopic (exact) mass is 438 g/mol. The van der Waals surface area contributed by atoms with Gasteiger partial charge in [-0.3, -0.25) is 9.59 Å². The zero-order valence-corrected chi connectivity index (χ0v) is 19.2. The molecule has 0 bridgehead atoms. The van der Waals surface area contributed by atoms with Crippen LogP contribution in [-0.4, -0.2) is 38.5 Å². The third-order valence-electron chi connectivity index (χ3n) is 5.83. The van der Waals surface area contributed by atoms with Gasteiger partial charge in [0.05, 0.1) is 5.41 Å². The van der Waals surface area contributed by atoms with Gasteiger partial charge in [0.15, 0.2) is 11.5 Å². The highest BCUT2D eigenvalue weighted by molar-refractivity contribution is 5.73. The third-order valence-corrected chi connectivity index (χ3v) is 5.83. The molecule has 0 atom stereocenters. The van der Waals surface area contributed by atoms with Crippen molar-refractivity contribution < 1.29 is 34.8 Å². The van der Waals surface area contributed by atoms with Crippen molar-refractivity contribution in [2.75, 3.05) is 0 Å². The van der Waals surface area contributed by atoms with E-state index in [2.05, 4.69) is 0 Å². The fourth-order valence-corrected chi connectivity index (χ4v) is 3.56. The van der Waals surface area contributed by atoms with Gasteiger partial charge < -0.3 is 25.2 Å². The Bertz CT molecular complexity index is 738. The summed E-state index contributed by atoms with van der Waals surface area (Å²) in [7, 11) is 0. The summed E-state index contributed by atoms with van der Waals surface area (Å²) < 4.78 is 5.01. The lowest BCUT2D eigenvalue weighted by atomic mass is 9.87. The van der Waals surface area contributed by atoms with E-state index in [-0.39, 0.29) is 17.2 Å². The maximum Gasteiger partial charge on any atom is 0.309 e. The van der Waals surface area contributed by atoms with Crippen LogP contribution in [0.15, 0.2) is 6.07 Å². The number of carbonyl (C=O) groups excluding carboxylic acids is 1. The van der Waals surface area contributed by atoms with Gasteiger partial charge in [0, 0.05) is 11.1 Å². The van der Waals surface area contributed by atoms with Gasteiger partial charge in [-0.1, -0.05) is 19.3 Å². The number of carbonyl (C=O) groups is 2. The van der Waals surface area contributed by atoms with Gasteiger partial charge in [-0.25, -0.2) is 0 Å². The molecular formula is C24H38O7. The van der Waals surface area contributed by atoms with Crippen LogP contribution in [0.25, 0.3) is 0 Å². The van der Waals surface area contributed by atoms with E-state index in [4.69, 9.17) is 9.84 Å². The van der Waals surface area contributed by atoms with E-state index < -0.39 is 17.0 Å². The Kier molecular flexibility index (Phi) is 10.1. The number of carboxylic acid groups (broad SMARTS) is 1. The Morgan fingerprint density at radius 1 is 0.903 bits per heavy atom. The molecule has 0 aliphatic carbocycles. The predicted molar refractivity (Wildman–Crippen MR) is 118 cm³/mol. The third kappa shape index (κ3) is 8.67. The van der Waals surface area contributed by atoms with E-state index in [0.717, 1.165) is 32.1 Å². The molecule has 7 heteroatoms. The molecule has 0 fully saturated rings. The van der Waals surface area contributed by atoms with E-state index in [1.165, 1.54) is 6.07 Å². The molecule has 4 N–H and O–H groups in total. The lowest BCUT2D eigenvalue weighted by Crippen LogP contribution is -2.23. The van der Waals surface area contributed by atoms with E-state index in [0.29, 0.717) is 49.7 Å². The first-order chi connectivity index (χ1) is 14.4. The van der Waals surface area contributed by atoms with Crippen molar-refractivity contribution >= 4 is 12.4 Å². The average Bonchev–Trinajstić information content (AvgIpc) is 2.67. The van der Waals surface area contributed by atoms with Crippen molar-refractivity contribution in [1.29, 1.82) is 0 Å². The zero-order chi connectivity index (χ0) is 23.7. The van der Waals surface area contributed by atoms with Gasteiger partial charge in [-0.15, -0.1) is 0 Å². The van der Waals surface area contributed by atoms with Crippen LogP contribution in [-0.2, 0) is 27.2 Å². The van der Waals surface area contributed by atoms with Crippen LogP contribution in [0.2, 0.25) is 0 Å². The van der Waals surface area contributed by atoms with Gasteiger partial charge >= 0.3 is 5.97 Å². The highest BCUT2D eigenvalue weighted by Gasteiger charge is 2.26. The summed E-state index contributed by atoms with van der Waals surface area (Å²) in [5.74, 6) is -1.29. The summed E-state index contributed by atoms with van der Waals surface area (Å²) >= 11 is 0. The molecule has 1 rings (SSSR count). The SMILES string of the molecule is CC(C)(CCCCc1cc(O)c(CCCCCCC(C)(C)C(=O)O)c(O)c1O)OC=O. The number of hydrogen-bond acceptors (Lipinski definition) is 6. The molecule has 0 unspecified atom stereocenters. The number of aromatic hydroxyl groups is 3. The quantitative estimate of drug-likeness (QED) is 0.130. The molecule has 7 nitrogen and oxygen atoms in total. The second-order valence-electron chi connectivity index (χ2n) is 9.51. The van der Waals surface area contributed by atoms with Crippen LogP contribution in [0.3, 0.4) is 0 Å². The number of phenolic OH excluding ortho intramolecular Hbond substituents is 3. The molecule has 31 heavy (non-hydrogen) atoms. The van der Waals surface area contributed by atoms with Gasteiger partial charge in [-0.05, 0) is 78.7 Å². The highest BCUT2D eigenvalue weighted by atomic mass is 16.5. The number of ether oxygens (including phenoxy) is 1. The second-order valence-corrected chi connectivity index (χ2v) is 9.51. The molecular weight excluding hydrogens is 400 g/mol. The smallest absolute Gasteiger partial charge is 0.309 e. The van der Waals surface area contributed by atoms with Gasteiger partial charge in [0.1, 0.15) is 11.4 Å². The van der Waals surface area contributed by atoms with E-state index >= 15 is 0 Å². The Hall–Kier alpha value is -2.44. The molecule has 0 amide bonds. The first-order valence-electron chi connectivity index (χ1n) is 11.0. The number of aryl methyl sites for hydroxylation is 1. The highest BCUT2D eigenvalue weighted by Crippen LogP contribution is 2.40. The Morgan fingerprint density at radius 2 is 1.48 bits per heavy atom. The molecule has 0 aromatic heterocycles. The fourth-order valence-electron chi connectivity index (χ4n) is 3.56. The normalized spacial score (nSPS) is 12.0. The summed E-state index contributed by atoms with van der Waals surface area (Å²) in [6.45, 7) is 7.54. The van der Waals surface area contributed by atoms with Crippen molar-refractivity contribution in [3.05, 3.63) is 17.2 Å². The topological polar surface area (TPSA) is 124 Å². The average molecular weight is 439 g/mol. The first-order valence-corrected chi connectivity index (χ1v) is 11.0. The number of aliphatic carboxylic acids is 1. The minimum atomic E-state index is -0.795. The van der Waals surface area contributed by atoms with Crippen LogP contribution in [0, 0.1) is 5.41 Å². The molecule has 1 aromatic rings. The van der Waals surface area contributed by atoms with Crippen molar-refractivity contribution in [3.63, 3.8) is 0 Å². The van der Waals surface area contributed by atoms with Crippen LogP contribution in [0.5, 0.6) is 17.2 Å². The van der Waals surface area contributed by atoms with Gasteiger partial charge in [0.2, 0.25) is 0 Å². The second kappa shape index (κ2) is 11.8. The summed E-state index contributed by atoms with van der Waals surface area (Å²) in [6, 6.07) is 1.51. The number of unbranched alkanes of at least 4 members (excludes halogenated alkanes) is 4. The van der Waals surface area contributed by atoms with Crippen LogP contribution in [0.4, 0.5) is 0 Å². The number of hydrogen-bond donors (Lipinski definition) is 4. The van der Waals surface area contributed by atoms with Crippen molar-refractivity contribution in [2.24, 2.45) is 5.41 Å². The number of phenols is 3. The van der Waals surface area contributed by atoms with E-state index in [9.17, 15) is 24.9 Å². The first kappa shape index (κ1) is 26.6. The maximum absolute atomic E-state index is 11.1. The van der Waals surface area contributed by atoms with E-state index in [1.807, 2.05) is 13.8 Å². The Morgan fingerprint density at radius 3 is 2.10 bits per heavy atom. The number of carboxylic acids is 1. The number of benzene rings is 1. The van der Waals surface area contributed by atoms with Crippen molar-refractivity contribution in [2.45, 2.75) is 97.5 Å². The minimum absolute atomic E-state index is 0.0260. The van der Waals surface area contributed by atoms with Crippen LogP contribution in [0.1, 0.15) is 90.2 Å². The molecule has 0 spiro atoms. The standard InChI is InChI=1S/C24H38O7/c1-23(2,22(29)30)13-9-6-5-7-12-18-19(26)15-17(20(27)21(18)28)11-8-10-14-24(3,4)31-16-25/h15-16,26-28H,5-14H2,1-4H3,(H,29,30). The lowest BCUT2D eigenvalue weighted by Gasteiger charge is -2.22. The maximum atomic E-state index is 11.1. The summed E-state index contributed by atoms with van der Waals surface area (Å²) in [6.07, 6.45) is 6.91. The molecule has 0 saturated heterocycles. The summed E-state index contributed by atoms with van der Waals surface area (Å²) in [5.41, 5.74) is -0.437. The molecule has 0 aliphatic heterocycles. The van der Waals surface area contributed by atoms with E-state index in [1.54, 1.807) is 13.8 Å². The molecule has 0 radical (unpaired) electrons. The van der Waals surface area contributed by atoms with Gasteiger partial charge in [0.25, 0.3) is 6.47 Å². The van der Waals surface area contributed by atoms with Crippen molar-refractivity contribution in [1.82, 2.24) is 0 Å². The summed E-state index contributed by atoms with van der Waals surface area (Å²) in [5, 5.41) is 40.1. The zero-order valence-electron chi connectivity index (χ0n) is 19.2.